The molecule has 1 saturated heterocycles. The minimum Gasteiger partial charge on any atom is -0.369 e. The summed E-state index contributed by atoms with van der Waals surface area (Å²) in [6.45, 7) is 3.26. The van der Waals surface area contributed by atoms with Gasteiger partial charge in [-0.05, 0) is 39.2 Å². The predicted molar refractivity (Wildman–Crippen MR) is 75.2 cm³/mol. The van der Waals surface area contributed by atoms with E-state index in [-0.39, 0.29) is 23.8 Å². The largest absolute Gasteiger partial charge is 0.369 e. The Morgan fingerprint density at radius 1 is 1.16 bits per heavy atom. The first-order valence-corrected chi connectivity index (χ1v) is 7.35. The highest BCUT2D eigenvalue weighted by Crippen LogP contribution is 2.22. The van der Waals surface area contributed by atoms with Gasteiger partial charge in [0.1, 0.15) is 0 Å². The number of unbranched alkanes of at least 4 members (excludes halogenated alkanes) is 3. The molecule has 0 aliphatic carbocycles. The van der Waals surface area contributed by atoms with Crippen LogP contribution in [0.15, 0.2) is 0 Å². The molecule has 0 radical (unpaired) electrons. The fourth-order valence-electron chi connectivity index (χ4n) is 2.60. The molecule has 0 bridgehead atoms. The third kappa shape index (κ3) is 5.19. The number of nitrogens with two attached hydrogens (primary N) is 2. The lowest BCUT2D eigenvalue weighted by molar-refractivity contribution is -0.137. The van der Waals surface area contributed by atoms with Gasteiger partial charge in [0.2, 0.25) is 11.8 Å². The van der Waals surface area contributed by atoms with E-state index in [1.807, 2.05) is 11.8 Å². The Hall–Kier alpha value is -1.10. The van der Waals surface area contributed by atoms with E-state index in [0.29, 0.717) is 13.0 Å². The molecule has 1 heterocycles. The van der Waals surface area contributed by atoms with Crippen LogP contribution in [0.25, 0.3) is 0 Å². The second-order valence-electron chi connectivity index (χ2n) is 5.52. The minimum atomic E-state index is -0.285. The van der Waals surface area contributed by atoms with E-state index in [0.717, 1.165) is 45.1 Å². The Bertz CT molecular complexity index is 307. The van der Waals surface area contributed by atoms with Gasteiger partial charge in [-0.3, -0.25) is 9.59 Å². The summed E-state index contributed by atoms with van der Waals surface area (Å²) in [5, 5.41) is 0. The maximum absolute atomic E-state index is 12.2. The molecular weight excluding hydrogens is 242 g/mol. The van der Waals surface area contributed by atoms with Crippen molar-refractivity contribution in [2.24, 2.45) is 17.4 Å². The summed E-state index contributed by atoms with van der Waals surface area (Å²) in [6, 6.07) is 0.229. The van der Waals surface area contributed by atoms with Gasteiger partial charge in [0.05, 0.1) is 5.92 Å². The molecule has 1 aliphatic heterocycles. The Kier molecular flexibility index (Phi) is 6.84. The molecule has 1 rings (SSSR count). The highest BCUT2D eigenvalue weighted by Gasteiger charge is 2.30. The van der Waals surface area contributed by atoms with Crippen molar-refractivity contribution >= 4 is 11.8 Å². The van der Waals surface area contributed by atoms with Gasteiger partial charge in [-0.2, -0.15) is 0 Å². The summed E-state index contributed by atoms with van der Waals surface area (Å²) in [5.74, 6) is -0.295. The maximum Gasteiger partial charge on any atom is 0.222 e. The molecule has 1 aliphatic rings. The third-order valence-electron chi connectivity index (χ3n) is 3.95. The van der Waals surface area contributed by atoms with Crippen LogP contribution in [0, 0.1) is 5.92 Å². The van der Waals surface area contributed by atoms with Crippen LogP contribution in [-0.4, -0.2) is 35.8 Å². The van der Waals surface area contributed by atoms with Crippen LogP contribution in [0.3, 0.4) is 0 Å². The van der Waals surface area contributed by atoms with Crippen molar-refractivity contribution in [1.29, 1.82) is 0 Å². The summed E-state index contributed by atoms with van der Waals surface area (Å²) in [7, 11) is 0. The summed E-state index contributed by atoms with van der Waals surface area (Å²) >= 11 is 0. The van der Waals surface area contributed by atoms with Crippen molar-refractivity contribution < 1.29 is 9.59 Å². The SMILES string of the molecule is CC1CCC(C(N)=O)CN1C(=O)CCCCCCN. The zero-order valence-corrected chi connectivity index (χ0v) is 11.9. The monoisotopic (exact) mass is 269 g/mol. The molecule has 2 atom stereocenters. The van der Waals surface area contributed by atoms with Gasteiger partial charge in [-0.1, -0.05) is 12.8 Å². The van der Waals surface area contributed by atoms with Gasteiger partial charge in [0.25, 0.3) is 0 Å². The minimum absolute atomic E-state index is 0.159. The molecule has 19 heavy (non-hydrogen) atoms. The first kappa shape index (κ1) is 16.0. The lowest BCUT2D eigenvalue weighted by Gasteiger charge is -2.37. The number of hydrogen-bond donors (Lipinski definition) is 2. The fourth-order valence-corrected chi connectivity index (χ4v) is 2.60. The summed E-state index contributed by atoms with van der Waals surface area (Å²) in [4.78, 5) is 25.2. The Labute approximate surface area is 115 Å². The van der Waals surface area contributed by atoms with E-state index in [1.54, 1.807) is 0 Å². The van der Waals surface area contributed by atoms with E-state index in [4.69, 9.17) is 11.5 Å². The zero-order valence-electron chi connectivity index (χ0n) is 11.9. The molecule has 0 aromatic rings. The molecule has 2 amide bonds. The standard InChI is InChI=1S/C14H27N3O2/c1-11-7-8-12(14(16)19)10-17(11)13(18)6-4-2-3-5-9-15/h11-12H,2-10,15H2,1H3,(H2,16,19). The first-order chi connectivity index (χ1) is 9.06. The molecule has 0 spiro atoms. The van der Waals surface area contributed by atoms with Crippen molar-refractivity contribution in [3.05, 3.63) is 0 Å². The van der Waals surface area contributed by atoms with E-state index >= 15 is 0 Å². The zero-order chi connectivity index (χ0) is 14.3. The number of likely N-dealkylation sites (tertiary alicyclic amines) is 1. The lowest BCUT2D eigenvalue weighted by Crippen LogP contribution is -2.48. The van der Waals surface area contributed by atoms with Gasteiger partial charge in [0.15, 0.2) is 0 Å². The van der Waals surface area contributed by atoms with Crippen LogP contribution in [0.1, 0.15) is 51.9 Å². The number of piperidine rings is 1. The molecule has 0 saturated carbocycles. The number of primary amides is 1. The number of rotatable bonds is 7. The lowest BCUT2D eigenvalue weighted by atomic mass is 9.92. The quantitative estimate of drug-likeness (QED) is 0.676. The molecule has 1 fully saturated rings. The van der Waals surface area contributed by atoms with Crippen molar-refractivity contribution in [3.63, 3.8) is 0 Å². The van der Waals surface area contributed by atoms with E-state index in [2.05, 4.69) is 0 Å². The van der Waals surface area contributed by atoms with Gasteiger partial charge in [0, 0.05) is 19.0 Å². The normalized spacial score (nSPS) is 23.4. The van der Waals surface area contributed by atoms with E-state index in [1.165, 1.54) is 0 Å². The molecule has 0 aromatic heterocycles. The van der Waals surface area contributed by atoms with Crippen LogP contribution >= 0.6 is 0 Å². The predicted octanol–water partition coefficient (Wildman–Crippen LogP) is 1.01. The summed E-state index contributed by atoms with van der Waals surface area (Å²) in [5.41, 5.74) is 10.8. The van der Waals surface area contributed by atoms with Gasteiger partial charge in [-0.15, -0.1) is 0 Å². The average molecular weight is 269 g/mol. The summed E-state index contributed by atoms with van der Waals surface area (Å²) < 4.78 is 0. The Morgan fingerprint density at radius 2 is 1.84 bits per heavy atom. The second kappa shape index (κ2) is 8.15. The van der Waals surface area contributed by atoms with Gasteiger partial charge in [-0.25, -0.2) is 0 Å². The van der Waals surface area contributed by atoms with Crippen LogP contribution in [0.5, 0.6) is 0 Å². The highest BCUT2D eigenvalue weighted by atomic mass is 16.2. The Morgan fingerprint density at radius 3 is 2.47 bits per heavy atom. The van der Waals surface area contributed by atoms with Crippen LogP contribution in [0.2, 0.25) is 0 Å². The van der Waals surface area contributed by atoms with Crippen molar-refractivity contribution in [3.8, 4) is 0 Å². The number of carbonyl (C=O) groups is 2. The first-order valence-electron chi connectivity index (χ1n) is 7.35. The molecule has 110 valence electrons. The molecular formula is C14H27N3O2. The van der Waals surface area contributed by atoms with E-state index < -0.39 is 0 Å². The van der Waals surface area contributed by atoms with Crippen molar-refractivity contribution in [2.75, 3.05) is 13.1 Å². The molecule has 5 nitrogen and oxygen atoms in total. The molecule has 4 N–H and O–H groups in total. The van der Waals surface area contributed by atoms with E-state index in [9.17, 15) is 9.59 Å². The van der Waals surface area contributed by atoms with Crippen molar-refractivity contribution in [2.45, 2.75) is 57.9 Å². The number of hydrogen-bond acceptors (Lipinski definition) is 3. The fraction of sp³-hybridized carbons (Fsp3) is 0.857. The van der Waals surface area contributed by atoms with Crippen LogP contribution in [-0.2, 0) is 9.59 Å². The number of nitrogens with zero attached hydrogens (tertiary/aromatic N) is 1. The van der Waals surface area contributed by atoms with Gasteiger partial charge < -0.3 is 16.4 Å². The Balaban J connectivity index is 2.34. The smallest absolute Gasteiger partial charge is 0.222 e. The molecule has 0 aromatic carbocycles. The number of amides is 2. The van der Waals surface area contributed by atoms with Gasteiger partial charge >= 0.3 is 0 Å². The maximum atomic E-state index is 12.2. The molecule has 2 unspecified atom stereocenters. The third-order valence-corrected chi connectivity index (χ3v) is 3.95. The average Bonchev–Trinajstić information content (AvgIpc) is 2.38. The van der Waals surface area contributed by atoms with Crippen molar-refractivity contribution in [1.82, 2.24) is 4.90 Å². The topological polar surface area (TPSA) is 89.4 Å². The molecule has 5 heteroatoms. The van der Waals surface area contributed by atoms with Crippen LogP contribution in [0.4, 0.5) is 0 Å². The summed E-state index contributed by atoms with van der Waals surface area (Å²) in [6.07, 6.45) is 6.30. The highest BCUT2D eigenvalue weighted by molar-refractivity contribution is 5.80. The second-order valence-corrected chi connectivity index (χ2v) is 5.52. The van der Waals surface area contributed by atoms with Crippen LogP contribution < -0.4 is 11.5 Å². The number of carbonyl (C=O) groups excluding carboxylic acids is 2.